The summed E-state index contributed by atoms with van der Waals surface area (Å²) in [5, 5.41) is 13.5. The molecule has 0 bridgehead atoms. The summed E-state index contributed by atoms with van der Waals surface area (Å²) in [6, 6.07) is 7.39. The van der Waals surface area contributed by atoms with Crippen LogP contribution in [0.25, 0.3) is 0 Å². The zero-order chi connectivity index (χ0) is 14.7. The lowest BCUT2D eigenvalue weighted by molar-refractivity contribution is -0.383. The predicted octanol–water partition coefficient (Wildman–Crippen LogP) is 3.07. The number of nitrogens with zero attached hydrogens (tertiary/aromatic N) is 1. The number of nitro benzene ring substituents is 1. The van der Waals surface area contributed by atoms with Crippen LogP contribution in [-0.2, 0) is 6.54 Å². The Bertz CT molecular complexity index is 662. The number of nitrogen functional groups attached to an aromatic ring is 1. The number of nitrogens with two attached hydrogens (primary N) is 1. The first-order chi connectivity index (χ1) is 9.47. The topological polar surface area (TPSA) is 81.2 Å². The van der Waals surface area contributed by atoms with Crippen LogP contribution in [0.1, 0.15) is 5.56 Å². The van der Waals surface area contributed by atoms with Crippen LogP contribution in [0.3, 0.4) is 0 Å². The van der Waals surface area contributed by atoms with Crippen LogP contribution in [-0.4, -0.2) is 4.92 Å². The number of hydrogen-bond acceptors (Lipinski definition) is 4. The minimum atomic E-state index is -0.660. The Labute approximate surface area is 113 Å². The van der Waals surface area contributed by atoms with Crippen molar-refractivity contribution in [2.24, 2.45) is 0 Å². The second-order valence-corrected chi connectivity index (χ2v) is 4.12. The standard InChI is InChI=1S/C13H11F2N3O2/c14-9-2-1-8(11(15)5-9)7-17-10-3-4-13(18(19)20)12(16)6-10/h1-6,17H,7,16H2. The molecule has 7 heteroatoms. The lowest BCUT2D eigenvalue weighted by Crippen LogP contribution is -2.03. The van der Waals surface area contributed by atoms with Crippen molar-refractivity contribution in [2.45, 2.75) is 6.54 Å². The highest BCUT2D eigenvalue weighted by atomic mass is 19.1. The van der Waals surface area contributed by atoms with Gasteiger partial charge in [-0.1, -0.05) is 6.07 Å². The van der Waals surface area contributed by atoms with E-state index in [2.05, 4.69) is 5.32 Å². The van der Waals surface area contributed by atoms with E-state index in [4.69, 9.17) is 5.73 Å². The van der Waals surface area contributed by atoms with Crippen LogP contribution in [0.5, 0.6) is 0 Å². The summed E-state index contributed by atoms with van der Waals surface area (Å²) >= 11 is 0. The molecule has 2 aromatic carbocycles. The third-order valence-corrected chi connectivity index (χ3v) is 2.72. The minimum Gasteiger partial charge on any atom is -0.393 e. The first-order valence-corrected chi connectivity index (χ1v) is 5.69. The van der Waals surface area contributed by atoms with Crippen molar-refractivity contribution in [2.75, 3.05) is 11.1 Å². The van der Waals surface area contributed by atoms with Crippen molar-refractivity contribution >= 4 is 17.1 Å². The van der Waals surface area contributed by atoms with Crippen molar-refractivity contribution in [3.63, 3.8) is 0 Å². The Morgan fingerprint density at radius 1 is 1.20 bits per heavy atom. The third kappa shape index (κ3) is 3.00. The number of anilines is 2. The molecule has 0 spiro atoms. The van der Waals surface area contributed by atoms with Crippen molar-refractivity contribution in [3.8, 4) is 0 Å². The van der Waals surface area contributed by atoms with Crippen LogP contribution in [0.15, 0.2) is 36.4 Å². The van der Waals surface area contributed by atoms with Crippen LogP contribution in [0.4, 0.5) is 25.8 Å². The highest BCUT2D eigenvalue weighted by Crippen LogP contribution is 2.25. The Hall–Kier alpha value is -2.70. The molecule has 0 fully saturated rings. The molecule has 104 valence electrons. The van der Waals surface area contributed by atoms with E-state index in [1.54, 1.807) is 0 Å². The van der Waals surface area contributed by atoms with Crippen molar-refractivity contribution in [1.82, 2.24) is 0 Å². The van der Waals surface area contributed by atoms with Crippen molar-refractivity contribution in [1.29, 1.82) is 0 Å². The summed E-state index contributed by atoms with van der Waals surface area (Å²) in [7, 11) is 0. The smallest absolute Gasteiger partial charge is 0.292 e. The summed E-state index contributed by atoms with van der Waals surface area (Å²) in [5.74, 6) is -1.31. The summed E-state index contributed by atoms with van der Waals surface area (Å²) < 4.78 is 26.2. The van der Waals surface area contributed by atoms with E-state index in [1.807, 2.05) is 0 Å². The molecule has 0 aliphatic carbocycles. The Morgan fingerprint density at radius 3 is 2.55 bits per heavy atom. The van der Waals surface area contributed by atoms with Gasteiger partial charge in [0.1, 0.15) is 17.3 Å². The maximum absolute atomic E-state index is 13.4. The molecule has 0 radical (unpaired) electrons. The first kappa shape index (κ1) is 13.7. The van der Waals surface area contributed by atoms with Gasteiger partial charge in [0, 0.05) is 29.9 Å². The molecule has 2 rings (SSSR count). The molecule has 0 saturated heterocycles. The van der Waals surface area contributed by atoms with Gasteiger partial charge < -0.3 is 11.1 Å². The van der Waals surface area contributed by atoms with E-state index in [-0.39, 0.29) is 23.5 Å². The highest BCUT2D eigenvalue weighted by molar-refractivity contribution is 5.65. The monoisotopic (exact) mass is 279 g/mol. The van der Waals surface area contributed by atoms with Gasteiger partial charge in [0.25, 0.3) is 5.69 Å². The molecular weight excluding hydrogens is 268 g/mol. The molecule has 3 N–H and O–H groups in total. The van der Waals surface area contributed by atoms with Gasteiger partial charge in [0.15, 0.2) is 0 Å². The predicted molar refractivity (Wildman–Crippen MR) is 71.2 cm³/mol. The van der Waals surface area contributed by atoms with Gasteiger partial charge in [-0.2, -0.15) is 0 Å². The molecule has 0 aliphatic rings. The molecule has 0 amide bonds. The van der Waals surface area contributed by atoms with E-state index in [0.29, 0.717) is 5.69 Å². The molecule has 20 heavy (non-hydrogen) atoms. The second-order valence-electron chi connectivity index (χ2n) is 4.12. The summed E-state index contributed by atoms with van der Waals surface area (Å²) in [6.45, 7) is 0.114. The van der Waals surface area contributed by atoms with Crippen molar-refractivity contribution in [3.05, 3.63) is 63.7 Å². The van der Waals surface area contributed by atoms with E-state index >= 15 is 0 Å². The maximum atomic E-state index is 13.4. The summed E-state index contributed by atoms with van der Waals surface area (Å²) in [5.41, 5.74) is 6.15. The molecule has 0 unspecified atom stereocenters. The largest absolute Gasteiger partial charge is 0.393 e. The number of nitrogens with one attached hydrogen (secondary N) is 1. The third-order valence-electron chi connectivity index (χ3n) is 2.72. The van der Waals surface area contributed by atoms with Gasteiger partial charge in [-0.15, -0.1) is 0 Å². The Kier molecular flexibility index (Phi) is 3.79. The molecule has 5 nitrogen and oxygen atoms in total. The van der Waals surface area contributed by atoms with Crippen LogP contribution in [0, 0.1) is 21.7 Å². The molecule has 0 heterocycles. The van der Waals surface area contributed by atoms with E-state index < -0.39 is 16.6 Å². The molecule has 0 aliphatic heterocycles. The minimum absolute atomic E-state index is 0.0135. The van der Waals surface area contributed by atoms with Gasteiger partial charge in [-0.05, 0) is 18.2 Å². The molecule has 0 saturated carbocycles. The summed E-state index contributed by atoms with van der Waals surface area (Å²) in [4.78, 5) is 10.0. The quantitative estimate of drug-likeness (QED) is 0.512. The zero-order valence-electron chi connectivity index (χ0n) is 10.3. The average Bonchev–Trinajstić information content (AvgIpc) is 2.37. The average molecular weight is 279 g/mol. The van der Waals surface area contributed by atoms with E-state index in [0.717, 1.165) is 12.1 Å². The van der Waals surface area contributed by atoms with Gasteiger partial charge >= 0.3 is 0 Å². The summed E-state index contributed by atoms with van der Waals surface area (Å²) in [6.07, 6.45) is 0. The first-order valence-electron chi connectivity index (χ1n) is 5.69. The lowest BCUT2D eigenvalue weighted by atomic mass is 10.2. The Balaban J connectivity index is 2.11. The molecule has 0 atom stereocenters. The highest BCUT2D eigenvalue weighted by Gasteiger charge is 2.11. The number of hydrogen-bond donors (Lipinski definition) is 2. The number of benzene rings is 2. The van der Waals surface area contributed by atoms with Crippen molar-refractivity contribution < 1.29 is 13.7 Å². The van der Waals surface area contributed by atoms with E-state index in [1.165, 1.54) is 24.3 Å². The number of nitro groups is 1. The van der Waals surface area contributed by atoms with Crippen LogP contribution < -0.4 is 11.1 Å². The van der Waals surface area contributed by atoms with Gasteiger partial charge in [0.2, 0.25) is 0 Å². The fourth-order valence-corrected chi connectivity index (χ4v) is 1.69. The Morgan fingerprint density at radius 2 is 1.95 bits per heavy atom. The zero-order valence-corrected chi connectivity index (χ0v) is 10.3. The van der Waals surface area contributed by atoms with E-state index in [9.17, 15) is 18.9 Å². The number of rotatable bonds is 4. The lowest BCUT2D eigenvalue weighted by Gasteiger charge is -2.08. The van der Waals surface area contributed by atoms with Gasteiger partial charge in [-0.25, -0.2) is 8.78 Å². The fourth-order valence-electron chi connectivity index (χ4n) is 1.69. The van der Waals surface area contributed by atoms with Gasteiger partial charge in [0.05, 0.1) is 4.92 Å². The maximum Gasteiger partial charge on any atom is 0.292 e. The molecule has 0 aromatic heterocycles. The second kappa shape index (κ2) is 5.52. The van der Waals surface area contributed by atoms with Crippen LogP contribution in [0.2, 0.25) is 0 Å². The number of halogens is 2. The fraction of sp³-hybridized carbons (Fsp3) is 0.0769. The van der Waals surface area contributed by atoms with Crippen LogP contribution >= 0.6 is 0 Å². The SMILES string of the molecule is Nc1cc(NCc2ccc(F)cc2F)ccc1[N+](=O)[O-]. The molecular formula is C13H11F2N3O2. The van der Waals surface area contributed by atoms with Gasteiger partial charge in [-0.3, -0.25) is 10.1 Å². The normalized spacial score (nSPS) is 10.3. The molecule has 2 aromatic rings.